The van der Waals surface area contributed by atoms with E-state index in [1.54, 1.807) is 31.1 Å². The van der Waals surface area contributed by atoms with Crippen molar-refractivity contribution in [3.05, 3.63) is 48.3 Å². The van der Waals surface area contributed by atoms with Gasteiger partial charge in [0.1, 0.15) is 17.3 Å². The molecule has 0 bridgehead atoms. The summed E-state index contributed by atoms with van der Waals surface area (Å²) in [5, 5.41) is 8.24. The van der Waals surface area contributed by atoms with Crippen LogP contribution in [0.15, 0.2) is 42.6 Å². The van der Waals surface area contributed by atoms with Crippen LogP contribution in [-0.2, 0) is 7.05 Å². The van der Waals surface area contributed by atoms with E-state index in [1.165, 1.54) is 0 Å². The van der Waals surface area contributed by atoms with E-state index in [4.69, 9.17) is 9.72 Å². The quantitative estimate of drug-likeness (QED) is 0.769. The van der Waals surface area contributed by atoms with Crippen molar-refractivity contribution in [1.82, 2.24) is 20.1 Å². The van der Waals surface area contributed by atoms with Crippen LogP contribution in [0, 0.1) is 0 Å². The van der Waals surface area contributed by atoms with Crippen molar-refractivity contribution in [3.63, 3.8) is 0 Å². The molecule has 1 aliphatic rings. The lowest BCUT2D eigenvalue weighted by atomic mass is 10.1. The van der Waals surface area contributed by atoms with Crippen LogP contribution in [0.25, 0.3) is 10.9 Å². The van der Waals surface area contributed by atoms with Crippen LogP contribution in [0.1, 0.15) is 23.3 Å². The Morgan fingerprint density at radius 2 is 2.15 bits per heavy atom. The Morgan fingerprint density at radius 1 is 1.26 bits per heavy atom. The summed E-state index contributed by atoms with van der Waals surface area (Å²) in [5.41, 5.74) is 1.51. The van der Waals surface area contributed by atoms with Gasteiger partial charge < -0.3 is 15.0 Å². The minimum atomic E-state index is -0.0829. The zero-order valence-electron chi connectivity index (χ0n) is 15.6. The number of fused-ring (bicyclic) bond motifs is 1. The molecule has 3 heterocycles. The Kier molecular flexibility index (Phi) is 4.66. The van der Waals surface area contributed by atoms with Gasteiger partial charge in [0.05, 0.1) is 12.6 Å². The van der Waals surface area contributed by atoms with E-state index in [-0.39, 0.29) is 11.9 Å². The third-order valence-corrected chi connectivity index (χ3v) is 5.02. The number of carbonyl (C=O) groups is 1. The van der Waals surface area contributed by atoms with Gasteiger partial charge in [-0.1, -0.05) is 0 Å². The number of ether oxygens (including phenoxy) is 1. The fourth-order valence-corrected chi connectivity index (χ4v) is 3.56. The Labute approximate surface area is 157 Å². The van der Waals surface area contributed by atoms with Gasteiger partial charge in [-0.25, -0.2) is 4.98 Å². The lowest BCUT2D eigenvalue weighted by Gasteiger charge is -2.34. The van der Waals surface area contributed by atoms with Crippen molar-refractivity contribution in [1.29, 1.82) is 0 Å². The number of aromatic nitrogens is 3. The molecule has 1 aromatic carbocycles. The predicted octanol–water partition coefficient (Wildman–Crippen LogP) is 2.38. The summed E-state index contributed by atoms with van der Waals surface area (Å²) in [5.74, 6) is 1.68. The Balaban J connectivity index is 1.48. The first kappa shape index (κ1) is 17.3. The highest BCUT2D eigenvalue weighted by Crippen LogP contribution is 2.24. The van der Waals surface area contributed by atoms with Crippen LogP contribution in [0.3, 0.4) is 0 Å². The molecule has 7 nitrogen and oxygen atoms in total. The monoisotopic (exact) mass is 365 g/mol. The molecule has 0 saturated carbocycles. The molecule has 1 amide bonds. The zero-order valence-corrected chi connectivity index (χ0v) is 15.6. The van der Waals surface area contributed by atoms with Crippen LogP contribution in [0.5, 0.6) is 5.75 Å². The molecular formula is C20H23N5O2. The third-order valence-electron chi connectivity index (χ3n) is 5.02. The zero-order chi connectivity index (χ0) is 18.8. The number of amides is 1. The molecule has 0 spiro atoms. The second-order valence-corrected chi connectivity index (χ2v) is 6.83. The second-order valence-electron chi connectivity index (χ2n) is 6.83. The predicted molar refractivity (Wildman–Crippen MR) is 104 cm³/mol. The van der Waals surface area contributed by atoms with E-state index < -0.39 is 0 Å². The first-order valence-electron chi connectivity index (χ1n) is 9.12. The number of anilines is 1. The fourth-order valence-electron chi connectivity index (χ4n) is 3.56. The van der Waals surface area contributed by atoms with Gasteiger partial charge in [-0.3, -0.25) is 9.48 Å². The van der Waals surface area contributed by atoms with E-state index in [1.807, 2.05) is 24.3 Å². The number of methoxy groups -OCH3 is 1. The number of carbonyl (C=O) groups excluding carboxylic acids is 1. The molecule has 3 aromatic rings. The molecule has 0 radical (unpaired) electrons. The second kappa shape index (κ2) is 7.26. The van der Waals surface area contributed by atoms with Crippen molar-refractivity contribution in [2.75, 3.05) is 25.1 Å². The summed E-state index contributed by atoms with van der Waals surface area (Å²) in [7, 11) is 3.44. The summed E-state index contributed by atoms with van der Waals surface area (Å²) in [6, 6.07) is 11.8. The molecular weight excluding hydrogens is 342 g/mol. The largest absolute Gasteiger partial charge is 0.497 e. The molecule has 4 rings (SSSR count). The van der Waals surface area contributed by atoms with Gasteiger partial charge in [0.2, 0.25) is 0 Å². The topological polar surface area (TPSA) is 72.3 Å². The van der Waals surface area contributed by atoms with E-state index in [0.717, 1.165) is 48.4 Å². The average molecular weight is 365 g/mol. The number of benzene rings is 1. The van der Waals surface area contributed by atoms with Crippen molar-refractivity contribution < 1.29 is 9.53 Å². The lowest BCUT2D eigenvalue weighted by Crippen LogP contribution is -2.48. The van der Waals surface area contributed by atoms with Gasteiger partial charge in [0.25, 0.3) is 5.91 Å². The fraction of sp³-hybridized carbons (Fsp3) is 0.350. The molecule has 0 aliphatic carbocycles. The Bertz CT molecular complexity index is 968. The first-order chi connectivity index (χ1) is 13.1. The molecule has 1 unspecified atom stereocenters. The minimum absolute atomic E-state index is 0.0829. The summed E-state index contributed by atoms with van der Waals surface area (Å²) in [6.45, 7) is 1.69. The summed E-state index contributed by atoms with van der Waals surface area (Å²) in [4.78, 5) is 19.5. The lowest BCUT2D eigenvalue weighted by molar-refractivity contribution is 0.0923. The maximum absolute atomic E-state index is 12.5. The third kappa shape index (κ3) is 3.58. The number of hydrogen-bond acceptors (Lipinski definition) is 5. The average Bonchev–Trinajstić information content (AvgIpc) is 3.13. The van der Waals surface area contributed by atoms with E-state index in [9.17, 15) is 4.79 Å². The van der Waals surface area contributed by atoms with Gasteiger partial charge in [0, 0.05) is 37.8 Å². The normalized spacial score (nSPS) is 17.1. The van der Waals surface area contributed by atoms with Crippen molar-refractivity contribution in [3.8, 4) is 5.75 Å². The number of hydrogen-bond donors (Lipinski definition) is 1. The smallest absolute Gasteiger partial charge is 0.269 e. The highest BCUT2D eigenvalue weighted by molar-refractivity contribution is 5.92. The van der Waals surface area contributed by atoms with E-state index >= 15 is 0 Å². The number of nitrogens with zero attached hydrogens (tertiary/aromatic N) is 4. The molecule has 27 heavy (non-hydrogen) atoms. The summed E-state index contributed by atoms with van der Waals surface area (Å²) >= 11 is 0. The molecule has 2 aromatic heterocycles. The van der Waals surface area contributed by atoms with Crippen molar-refractivity contribution in [2.24, 2.45) is 7.05 Å². The molecule has 1 aliphatic heterocycles. The van der Waals surface area contributed by atoms with E-state index in [0.29, 0.717) is 5.69 Å². The number of pyridine rings is 1. The van der Waals surface area contributed by atoms with Crippen LogP contribution < -0.4 is 15.0 Å². The maximum atomic E-state index is 12.5. The van der Waals surface area contributed by atoms with Gasteiger partial charge in [-0.2, -0.15) is 5.10 Å². The number of rotatable bonds is 4. The van der Waals surface area contributed by atoms with Crippen molar-refractivity contribution >= 4 is 22.6 Å². The van der Waals surface area contributed by atoms with Crippen LogP contribution in [0.2, 0.25) is 0 Å². The number of nitrogens with one attached hydrogen (secondary N) is 1. The van der Waals surface area contributed by atoms with Gasteiger partial charge in [0.15, 0.2) is 0 Å². The molecule has 7 heteroatoms. The molecule has 1 fully saturated rings. The first-order valence-corrected chi connectivity index (χ1v) is 9.12. The van der Waals surface area contributed by atoms with Crippen molar-refractivity contribution in [2.45, 2.75) is 18.9 Å². The maximum Gasteiger partial charge on any atom is 0.269 e. The molecule has 140 valence electrons. The van der Waals surface area contributed by atoms with Crippen LogP contribution in [-0.4, -0.2) is 46.9 Å². The Hall–Kier alpha value is -3.09. The minimum Gasteiger partial charge on any atom is -0.497 e. The van der Waals surface area contributed by atoms with Gasteiger partial charge >= 0.3 is 0 Å². The highest BCUT2D eigenvalue weighted by atomic mass is 16.5. The summed E-state index contributed by atoms with van der Waals surface area (Å²) < 4.78 is 6.87. The van der Waals surface area contributed by atoms with Gasteiger partial charge in [-0.15, -0.1) is 0 Å². The highest BCUT2D eigenvalue weighted by Gasteiger charge is 2.23. The number of piperidine rings is 1. The standard InChI is InChI=1S/C20H23N5O2/c1-24-18(9-10-21-24)20(26)22-15-4-3-11-25(13-15)19-8-5-14-12-16(27-2)6-7-17(14)23-19/h5-10,12,15H,3-4,11,13H2,1-2H3,(H,22,26). The van der Waals surface area contributed by atoms with Crippen LogP contribution >= 0.6 is 0 Å². The SMILES string of the molecule is COc1ccc2nc(N3CCCC(NC(=O)c4ccnn4C)C3)ccc2c1. The molecule has 1 atom stereocenters. The molecule has 1 N–H and O–H groups in total. The Morgan fingerprint density at radius 3 is 2.93 bits per heavy atom. The van der Waals surface area contributed by atoms with E-state index in [2.05, 4.69) is 21.4 Å². The molecule has 1 saturated heterocycles. The summed E-state index contributed by atoms with van der Waals surface area (Å²) in [6.07, 6.45) is 3.61. The number of aryl methyl sites for hydroxylation is 1. The van der Waals surface area contributed by atoms with Gasteiger partial charge in [-0.05, 0) is 49.2 Å². The van der Waals surface area contributed by atoms with Crippen LogP contribution in [0.4, 0.5) is 5.82 Å².